The molecule has 0 radical (unpaired) electrons. The molecule has 1 amide bonds. The molecule has 0 saturated heterocycles. The van der Waals surface area contributed by atoms with E-state index >= 15 is 0 Å². The second kappa shape index (κ2) is 5.66. The Labute approximate surface area is 99.8 Å². The van der Waals surface area contributed by atoms with E-state index in [1.807, 2.05) is 32.0 Å². The molecule has 0 atom stereocenters. The average Bonchev–Trinajstić information content (AvgIpc) is 2.22. The fourth-order valence-electron chi connectivity index (χ4n) is 1.37. The Morgan fingerprint density at radius 2 is 2.00 bits per heavy atom. The van der Waals surface area contributed by atoms with Crippen LogP contribution in [0, 0.1) is 13.8 Å². The molecule has 86 valence electrons. The summed E-state index contributed by atoms with van der Waals surface area (Å²) < 4.78 is 0. The van der Waals surface area contributed by atoms with Crippen LogP contribution >= 0.6 is 11.6 Å². The number of ketones is 1. The average molecular weight is 240 g/mol. The summed E-state index contributed by atoms with van der Waals surface area (Å²) in [7, 11) is 0. The van der Waals surface area contributed by atoms with Crippen LogP contribution < -0.4 is 5.32 Å². The lowest BCUT2D eigenvalue weighted by Crippen LogP contribution is -2.17. The monoisotopic (exact) mass is 239 g/mol. The summed E-state index contributed by atoms with van der Waals surface area (Å²) in [5, 5.41) is 2.68. The predicted molar refractivity (Wildman–Crippen MR) is 64.9 cm³/mol. The van der Waals surface area contributed by atoms with Gasteiger partial charge in [-0.25, -0.2) is 0 Å². The molecule has 0 aliphatic heterocycles. The molecule has 0 aromatic heterocycles. The quantitative estimate of drug-likeness (QED) is 0.648. The number of carbonyl (C=O) groups excluding carboxylic acids is 2. The molecule has 1 aromatic carbocycles. The van der Waals surface area contributed by atoms with E-state index in [-0.39, 0.29) is 24.0 Å². The van der Waals surface area contributed by atoms with Crippen LogP contribution in [-0.2, 0) is 9.59 Å². The van der Waals surface area contributed by atoms with E-state index in [1.165, 1.54) is 0 Å². The molecule has 3 nitrogen and oxygen atoms in total. The van der Waals surface area contributed by atoms with Crippen molar-refractivity contribution in [3.8, 4) is 0 Å². The van der Waals surface area contributed by atoms with Gasteiger partial charge in [-0.2, -0.15) is 0 Å². The Morgan fingerprint density at radius 1 is 1.31 bits per heavy atom. The highest BCUT2D eigenvalue weighted by molar-refractivity contribution is 6.29. The Kier molecular flexibility index (Phi) is 4.50. The van der Waals surface area contributed by atoms with Crippen molar-refractivity contribution in [2.24, 2.45) is 0 Å². The van der Waals surface area contributed by atoms with Gasteiger partial charge in [-0.3, -0.25) is 9.59 Å². The van der Waals surface area contributed by atoms with E-state index in [9.17, 15) is 9.59 Å². The third-order valence-corrected chi connectivity index (χ3v) is 2.46. The molecule has 0 fully saturated rings. The van der Waals surface area contributed by atoms with Crippen molar-refractivity contribution in [2.75, 3.05) is 11.2 Å². The molecule has 0 saturated carbocycles. The first-order chi connectivity index (χ1) is 7.52. The first kappa shape index (κ1) is 12.7. The molecule has 1 aromatic rings. The van der Waals surface area contributed by atoms with Crippen LogP contribution in [0.5, 0.6) is 0 Å². The molecule has 16 heavy (non-hydrogen) atoms. The third kappa shape index (κ3) is 3.66. The Bertz CT molecular complexity index is 415. The van der Waals surface area contributed by atoms with Crippen LogP contribution in [0.2, 0.25) is 0 Å². The zero-order chi connectivity index (χ0) is 12.1. The lowest BCUT2D eigenvalue weighted by atomic mass is 10.1. The lowest BCUT2D eigenvalue weighted by Gasteiger charge is -2.08. The van der Waals surface area contributed by atoms with Gasteiger partial charge in [0, 0.05) is 5.69 Å². The van der Waals surface area contributed by atoms with Gasteiger partial charge in [0.15, 0.2) is 5.78 Å². The van der Waals surface area contributed by atoms with Crippen LogP contribution in [0.1, 0.15) is 17.5 Å². The Balaban J connectivity index is 2.66. The summed E-state index contributed by atoms with van der Waals surface area (Å²) in [4.78, 5) is 22.4. The van der Waals surface area contributed by atoms with Gasteiger partial charge < -0.3 is 5.32 Å². The maximum Gasteiger partial charge on any atom is 0.231 e. The molecular weight excluding hydrogens is 226 g/mol. The molecule has 0 spiro atoms. The third-order valence-electron chi connectivity index (χ3n) is 2.16. The number of hydrogen-bond acceptors (Lipinski definition) is 2. The van der Waals surface area contributed by atoms with Crippen molar-refractivity contribution in [1.29, 1.82) is 0 Å². The maximum absolute atomic E-state index is 11.4. The van der Waals surface area contributed by atoms with Gasteiger partial charge in [0.25, 0.3) is 0 Å². The van der Waals surface area contributed by atoms with Crippen molar-refractivity contribution in [3.05, 3.63) is 29.3 Å². The fraction of sp³-hybridized carbons (Fsp3) is 0.333. The summed E-state index contributed by atoms with van der Waals surface area (Å²) >= 11 is 5.32. The fourth-order valence-corrected chi connectivity index (χ4v) is 1.47. The predicted octanol–water partition coefficient (Wildman–Crippen LogP) is 2.44. The molecule has 0 aliphatic rings. The van der Waals surface area contributed by atoms with Crippen molar-refractivity contribution in [2.45, 2.75) is 20.3 Å². The summed E-state index contributed by atoms with van der Waals surface area (Å²) in [5.74, 6) is -0.721. The van der Waals surface area contributed by atoms with Crippen LogP contribution in [0.15, 0.2) is 18.2 Å². The van der Waals surface area contributed by atoms with E-state index < -0.39 is 0 Å². The van der Waals surface area contributed by atoms with Gasteiger partial charge in [0.2, 0.25) is 5.91 Å². The Morgan fingerprint density at radius 3 is 2.56 bits per heavy atom. The molecule has 0 unspecified atom stereocenters. The van der Waals surface area contributed by atoms with Gasteiger partial charge in [0.1, 0.15) is 0 Å². The molecular formula is C12H14ClNO2. The van der Waals surface area contributed by atoms with Crippen molar-refractivity contribution < 1.29 is 9.59 Å². The molecule has 0 aliphatic carbocycles. The summed E-state index contributed by atoms with van der Waals surface area (Å²) in [6.45, 7) is 3.89. The van der Waals surface area contributed by atoms with E-state index in [1.54, 1.807) is 0 Å². The van der Waals surface area contributed by atoms with Gasteiger partial charge >= 0.3 is 0 Å². The molecule has 0 bridgehead atoms. The largest absolute Gasteiger partial charge is 0.325 e. The standard InChI is InChI=1S/C12H14ClNO2/c1-8-3-4-11(9(2)5-8)14-12(16)6-10(15)7-13/h3-5H,6-7H2,1-2H3,(H,14,16). The minimum absolute atomic E-state index is 0.125. The van der Waals surface area contributed by atoms with Crippen LogP contribution in [0.4, 0.5) is 5.69 Å². The summed E-state index contributed by atoms with van der Waals surface area (Å²) in [5.41, 5.74) is 2.84. The van der Waals surface area contributed by atoms with Crippen LogP contribution in [-0.4, -0.2) is 17.6 Å². The van der Waals surface area contributed by atoms with Gasteiger partial charge in [0.05, 0.1) is 12.3 Å². The van der Waals surface area contributed by atoms with E-state index in [0.717, 1.165) is 16.8 Å². The Hall–Kier alpha value is -1.35. The lowest BCUT2D eigenvalue weighted by molar-refractivity contribution is -0.124. The van der Waals surface area contributed by atoms with Gasteiger partial charge in [-0.05, 0) is 25.5 Å². The highest BCUT2D eigenvalue weighted by Crippen LogP contribution is 2.16. The summed E-state index contributed by atoms with van der Waals surface area (Å²) in [6, 6.07) is 5.71. The van der Waals surface area contributed by atoms with Crippen molar-refractivity contribution in [3.63, 3.8) is 0 Å². The number of amides is 1. The number of carbonyl (C=O) groups is 2. The molecule has 4 heteroatoms. The number of halogens is 1. The van der Waals surface area contributed by atoms with Crippen molar-refractivity contribution in [1.82, 2.24) is 0 Å². The highest BCUT2D eigenvalue weighted by atomic mass is 35.5. The van der Waals surface area contributed by atoms with Gasteiger partial charge in [-0.15, -0.1) is 11.6 Å². The normalized spacial score (nSPS) is 9.94. The van der Waals surface area contributed by atoms with E-state index in [0.29, 0.717) is 0 Å². The molecule has 0 heterocycles. The number of anilines is 1. The van der Waals surface area contributed by atoms with Crippen LogP contribution in [0.3, 0.4) is 0 Å². The first-order valence-corrected chi connectivity index (χ1v) is 5.51. The topological polar surface area (TPSA) is 46.2 Å². The number of nitrogens with one attached hydrogen (secondary N) is 1. The second-order valence-electron chi connectivity index (χ2n) is 3.72. The van der Waals surface area contributed by atoms with E-state index in [4.69, 9.17) is 11.6 Å². The smallest absolute Gasteiger partial charge is 0.231 e. The zero-order valence-electron chi connectivity index (χ0n) is 9.34. The maximum atomic E-state index is 11.4. The van der Waals surface area contributed by atoms with Crippen LogP contribution in [0.25, 0.3) is 0 Å². The number of Topliss-reactive ketones (excluding diaryl/α,β-unsaturated/α-hetero) is 1. The molecule has 1 rings (SSSR count). The minimum Gasteiger partial charge on any atom is -0.325 e. The SMILES string of the molecule is Cc1ccc(NC(=O)CC(=O)CCl)c(C)c1. The van der Waals surface area contributed by atoms with Crippen molar-refractivity contribution >= 4 is 29.0 Å². The number of benzene rings is 1. The van der Waals surface area contributed by atoms with Gasteiger partial charge in [-0.1, -0.05) is 17.7 Å². The zero-order valence-corrected chi connectivity index (χ0v) is 10.1. The number of aryl methyl sites for hydroxylation is 2. The summed E-state index contributed by atoms with van der Waals surface area (Å²) in [6.07, 6.45) is -0.170. The highest BCUT2D eigenvalue weighted by Gasteiger charge is 2.09. The molecule has 1 N–H and O–H groups in total. The van der Waals surface area contributed by atoms with E-state index in [2.05, 4.69) is 5.32 Å². The number of hydrogen-bond donors (Lipinski definition) is 1. The minimum atomic E-state index is -0.322. The number of rotatable bonds is 4. The second-order valence-corrected chi connectivity index (χ2v) is 3.98. The first-order valence-electron chi connectivity index (χ1n) is 4.97. The number of alkyl halides is 1.